The van der Waals surface area contributed by atoms with Gasteiger partial charge in [0, 0.05) is 19.3 Å². The van der Waals surface area contributed by atoms with Crippen molar-refractivity contribution in [3.05, 3.63) is 23.4 Å². The van der Waals surface area contributed by atoms with Gasteiger partial charge in [-0.15, -0.1) is 0 Å². The van der Waals surface area contributed by atoms with Gasteiger partial charge in [-0.1, -0.05) is 24.4 Å². The average Bonchev–Trinajstić information content (AvgIpc) is 2.61. The van der Waals surface area contributed by atoms with Gasteiger partial charge in [0.1, 0.15) is 5.82 Å². The minimum atomic E-state index is -0.0678. The van der Waals surface area contributed by atoms with Crippen molar-refractivity contribution in [2.24, 2.45) is 0 Å². The van der Waals surface area contributed by atoms with Crippen LogP contribution in [0.4, 0.5) is 10.6 Å². The molecule has 1 aromatic heterocycles. The number of pyridine rings is 1. The van der Waals surface area contributed by atoms with Crippen LogP contribution in [-0.4, -0.2) is 29.0 Å². The fourth-order valence-electron chi connectivity index (χ4n) is 1.91. The van der Waals surface area contributed by atoms with Gasteiger partial charge in [0.2, 0.25) is 0 Å². The highest BCUT2D eigenvalue weighted by atomic mass is 35.5. The molecule has 0 aliphatic carbocycles. The summed E-state index contributed by atoms with van der Waals surface area (Å²) in [6, 6.07) is 3.35. The fraction of sp³-hybridized carbons (Fsp3) is 0.500. The molecule has 0 atom stereocenters. The molecule has 2 amide bonds. The van der Waals surface area contributed by atoms with Crippen molar-refractivity contribution in [2.45, 2.75) is 25.7 Å². The van der Waals surface area contributed by atoms with Gasteiger partial charge in [0.25, 0.3) is 0 Å². The zero-order chi connectivity index (χ0) is 12.1. The van der Waals surface area contributed by atoms with Crippen LogP contribution in [-0.2, 0) is 0 Å². The van der Waals surface area contributed by atoms with Crippen LogP contribution in [0.25, 0.3) is 0 Å². The number of halogens is 1. The Kier molecular flexibility index (Phi) is 4.20. The largest absolute Gasteiger partial charge is 0.325 e. The van der Waals surface area contributed by atoms with Crippen molar-refractivity contribution in [3.63, 3.8) is 0 Å². The molecule has 2 heterocycles. The first-order valence-electron chi connectivity index (χ1n) is 5.93. The Balaban J connectivity index is 1.93. The number of likely N-dealkylation sites (tertiary alicyclic amines) is 1. The van der Waals surface area contributed by atoms with Crippen LogP contribution in [0.5, 0.6) is 0 Å². The van der Waals surface area contributed by atoms with Crippen molar-refractivity contribution in [1.29, 1.82) is 0 Å². The minimum absolute atomic E-state index is 0.0678. The van der Waals surface area contributed by atoms with Gasteiger partial charge in [-0.05, 0) is 25.0 Å². The molecule has 0 unspecified atom stereocenters. The third kappa shape index (κ3) is 3.60. The van der Waals surface area contributed by atoms with Crippen LogP contribution in [0.3, 0.4) is 0 Å². The Hall–Kier alpha value is -1.29. The van der Waals surface area contributed by atoms with E-state index in [9.17, 15) is 4.79 Å². The Labute approximate surface area is 106 Å². The van der Waals surface area contributed by atoms with E-state index in [1.807, 2.05) is 4.90 Å². The van der Waals surface area contributed by atoms with E-state index in [1.54, 1.807) is 12.1 Å². The summed E-state index contributed by atoms with van der Waals surface area (Å²) in [6.07, 6.45) is 6.12. The number of aromatic nitrogens is 1. The van der Waals surface area contributed by atoms with Gasteiger partial charge < -0.3 is 4.90 Å². The maximum atomic E-state index is 11.9. The van der Waals surface area contributed by atoms with E-state index >= 15 is 0 Å². The summed E-state index contributed by atoms with van der Waals surface area (Å²) < 4.78 is 0. The van der Waals surface area contributed by atoms with E-state index in [0.29, 0.717) is 10.8 Å². The molecule has 1 N–H and O–H groups in total. The minimum Gasteiger partial charge on any atom is -0.325 e. The Morgan fingerprint density at radius 2 is 1.94 bits per heavy atom. The molecule has 17 heavy (non-hydrogen) atoms. The molecule has 0 aromatic carbocycles. The van der Waals surface area contributed by atoms with Crippen LogP contribution >= 0.6 is 11.6 Å². The zero-order valence-electron chi connectivity index (χ0n) is 9.66. The number of carbonyl (C=O) groups is 1. The number of hydrogen-bond donors (Lipinski definition) is 1. The Bertz CT molecular complexity index is 372. The molecule has 4 nitrogen and oxygen atoms in total. The molecule has 1 aromatic rings. The van der Waals surface area contributed by atoms with Crippen molar-refractivity contribution >= 4 is 23.4 Å². The number of hydrogen-bond acceptors (Lipinski definition) is 2. The van der Waals surface area contributed by atoms with Gasteiger partial charge in [-0.2, -0.15) is 0 Å². The Morgan fingerprint density at radius 3 is 2.53 bits per heavy atom. The van der Waals surface area contributed by atoms with Crippen LogP contribution in [0.1, 0.15) is 25.7 Å². The summed E-state index contributed by atoms with van der Waals surface area (Å²) in [5.74, 6) is 0.545. The van der Waals surface area contributed by atoms with Gasteiger partial charge >= 0.3 is 6.03 Å². The molecule has 0 spiro atoms. The standard InChI is InChI=1S/C12H16ClN3O/c13-10-5-6-11(14-9-10)15-12(17)16-7-3-1-2-4-8-16/h5-6,9H,1-4,7-8H2,(H,14,15,17). The van der Waals surface area contributed by atoms with Gasteiger partial charge in [0.15, 0.2) is 0 Å². The van der Waals surface area contributed by atoms with Crippen molar-refractivity contribution in [3.8, 4) is 0 Å². The third-order valence-corrected chi connectivity index (χ3v) is 3.08. The van der Waals surface area contributed by atoms with Gasteiger partial charge in [0.05, 0.1) is 5.02 Å². The van der Waals surface area contributed by atoms with E-state index in [-0.39, 0.29) is 6.03 Å². The average molecular weight is 254 g/mol. The van der Waals surface area contributed by atoms with E-state index in [2.05, 4.69) is 10.3 Å². The maximum absolute atomic E-state index is 11.9. The quantitative estimate of drug-likeness (QED) is 0.836. The van der Waals surface area contributed by atoms with Gasteiger partial charge in [-0.3, -0.25) is 5.32 Å². The highest BCUT2D eigenvalue weighted by Gasteiger charge is 2.15. The molecule has 0 bridgehead atoms. The number of anilines is 1. The van der Waals surface area contributed by atoms with Crippen LogP contribution in [0.15, 0.2) is 18.3 Å². The second-order valence-electron chi connectivity index (χ2n) is 4.19. The van der Waals surface area contributed by atoms with Crippen molar-refractivity contribution in [1.82, 2.24) is 9.88 Å². The van der Waals surface area contributed by atoms with Crippen LogP contribution < -0.4 is 5.32 Å². The molecule has 0 saturated carbocycles. The molecular weight excluding hydrogens is 238 g/mol. The highest BCUT2D eigenvalue weighted by Crippen LogP contribution is 2.13. The van der Waals surface area contributed by atoms with Gasteiger partial charge in [-0.25, -0.2) is 9.78 Å². The molecule has 1 aliphatic rings. The molecule has 1 aliphatic heterocycles. The first kappa shape index (κ1) is 12.2. The predicted octanol–water partition coefficient (Wildman–Crippen LogP) is 3.14. The number of urea groups is 1. The molecular formula is C12H16ClN3O. The number of nitrogens with zero attached hydrogens (tertiary/aromatic N) is 2. The summed E-state index contributed by atoms with van der Waals surface area (Å²) in [5, 5.41) is 3.35. The Morgan fingerprint density at radius 1 is 1.24 bits per heavy atom. The summed E-state index contributed by atoms with van der Waals surface area (Å²) in [7, 11) is 0. The summed E-state index contributed by atoms with van der Waals surface area (Å²) in [5.41, 5.74) is 0. The summed E-state index contributed by atoms with van der Waals surface area (Å²) in [6.45, 7) is 1.67. The lowest BCUT2D eigenvalue weighted by Gasteiger charge is -2.20. The second-order valence-corrected chi connectivity index (χ2v) is 4.63. The maximum Gasteiger partial charge on any atom is 0.323 e. The number of amides is 2. The molecule has 1 saturated heterocycles. The third-order valence-electron chi connectivity index (χ3n) is 2.86. The normalized spacial score (nSPS) is 16.4. The topological polar surface area (TPSA) is 45.2 Å². The number of carbonyl (C=O) groups excluding carboxylic acids is 1. The van der Waals surface area contributed by atoms with E-state index in [4.69, 9.17) is 11.6 Å². The second kappa shape index (κ2) is 5.87. The molecule has 2 rings (SSSR count). The number of rotatable bonds is 1. The summed E-state index contributed by atoms with van der Waals surface area (Å²) in [4.78, 5) is 17.8. The number of nitrogens with one attached hydrogen (secondary N) is 1. The lowest BCUT2D eigenvalue weighted by atomic mass is 10.2. The van der Waals surface area contributed by atoms with Crippen LogP contribution in [0.2, 0.25) is 5.02 Å². The first-order valence-corrected chi connectivity index (χ1v) is 6.31. The predicted molar refractivity (Wildman–Crippen MR) is 68.3 cm³/mol. The monoisotopic (exact) mass is 253 g/mol. The SMILES string of the molecule is O=C(Nc1ccc(Cl)cn1)N1CCCCCC1. The fourth-order valence-corrected chi connectivity index (χ4v) is 2.02. The zero-order valence-corrected chi connectivity index (χ0v) is 10.4. The smallest absolute Gasteiger partial charge is 0.323 e. The summed E-state index contributed by atoms with van der Waals surface area (Å²) >= 11 is 5.73. The van der Waals surface area contributed by atoms with Crippen LogP contribution in [0, 0.1) is 0 Å². The first-order chi connectivity index (χ1) is 8.25. The molecule has 1 fully saturated rings. The van der Waals surface area contributed by atoms with E-state index in [1.165, 1.54) is 19.0 Å². The molecule has 0 radical (unpaired) electrons. The van der Waals surface area contributed by atoms with E-state index in [0.717, 1.165) is 25.9 Å². The van der Waals surface area contributed by atoms with Crippen molar-refractivity contribution in [2.75, 3.05) is 18.4 Å². The van der Waals surface area contributed by atoms with Crippen molar-refractivity contribution < 1.29 is 4.79 Å². The lowest BCUT2D eigenvalue weighted by molar-refractivity contribution is 0.213. The molecule has 92 valence electrons. The highest BCUT2D eigenvalue weighted by molar-refractivity contribution is 6.30. The van der Waals surface area contributed by atoms with E-state index < -0.39 is 0 Å². The molecule has 5 heteroatoms. The lowest BCUT2D eigenvalue weighted by Crippen LogP contribution is -2.35.